The molecule has 84 valence electrons. The summed E-state index contributed by atoms with van der Waals surface area (Å²) in [6.45, 7) is 3.09. The summed E-state index contributed by atoms with van der Waals surface area (Å²) in [7, 11) is 0. The highest BCUT2D eigenvalue weighted by atomic mass is 32.2. The van der Waals surface area contributed by atoms with Crippen LogP contribution >= 0.6 is 11.8 Å². The summed E-state index contributed by atoms with van der Waals surface area (Å²) in [6, 6.07) is 7.25. The van der Waals surface area contributed by atoms with Gasteiger partial charge < -0.3 is 5.32 Å². The standard InChI is InChI=1S/C12H18FNS/c1-3-14-12(9-15-2)8-10-4-6-11(13)7-5-10/h4-7,12,14H,3,8-9H2,1-2H3. The van der Waals surface area contributed by atoms with Crippen molar-refractivity contribution in [2.24, 2.45) is 0 Å². The van der Waals surface area contributed by atoms with E-state index in [1.54, 1.807) is 0 Å². The SMILES string of the molecule is CCNC(CSC)Cc1ccc(F)cc1. The fraction of sp³-hybridized carbons (Fsp3) is 0.500. The maximum absolute atomic E-state index is 12.7. The van der Waals surface area contributed by atoms with Gasteiger partial charge in [0.05, 0.1) is 0 Å². The first-order chi connectivity index (χ1) is 7.26. The largest absolute Gasteiger partial charge is 0.313 e. The molecule has 1 rings (SSSR count). The third-order valence-corrected chi connectivity index (χ3v) is 2.99. The van der Waals surface area contributed by atoms with Gasteiger partial charge in [-0.3, -0.25) is 0 Å². The van der Waals surface area contributed by atoms with Crippen molar-refractivity contribution < 1.29 is 4.39 Å². The van der Waals surface area contributed by atoms with E-state index >= 15 is 0 Å². The molecular formula is C12H18FNS. The molecule has 0 aliphatic heterocycles. The van der Waals surface area contributed by atoms with Crippen molar-refractivity contribution >= 4 is 11.8 Å². The molecule has 0 saturated carbocycles. The van der Waals surface area contributed by atoms with Crippen molar-refractivity contribution in [3.05, 3.63) is 35.6 Å². The number of thioether (sulfide) groups is 1. The van der Waals surface area contributed by atoms with E-state index in [2.05, 4.69) is 18.5 Å². The number of nitrogens with one attached hydrogen (secondary N) is 1. The molecule has 1 unspecified atom stereocenters. The Bertz CT molecular complexity index is 267. The molecule has 0 aliphatic rings. The molecule has 0 amide bonds. The van der Waals surface area contributed by atoms with Gasteiger partial charge in [-0.05, 0) is 36.9 Å². The van der Waals surface area contributed by atoms with E-state index in [1.807, 2.05) is 23.9 Å². The quantitative estimate of drug-likeness (QED) is 0.802. The molecule has 0 radical (unpaired) electrons. The fourth-order valence-electron chi connectivity index (χ4n) is 1.58. The summed E-state index contributed by atoms with van der Waals surface area (Å²) < 4.78 is 12.7. The third-order valence-electron chi connectivity index (χ3n) is 2.26. The molecule has 1 aromatic carbocycles. The highest BCUT2D eigenvalue weighted by Crippen LogP contribution is 2.08. The number of likely N-dealkylation sites (N-methyl/N-ethyl adjacent to an activating group) is 1. The van der Waals surface area contributed by atoms with Crippen LogP contribution in [0.25, 0.3) is 0 Å². The predicted molar refractivity (Wildman–Crippen MR) is 66.0 cm³/mol. The number of hydrogen-bond acceptors (Lipinski definition) is 2. The van der Waals surface area contributed by atoms with Gasteiger partial charge in [-0.1, -0.05) is 19.1 Å². The van der Waals surface area contributed by atoms with E-state index in [-0.39, 0.29) is 5.82 Å². The highest BCUT2D eigenvalue weighted by molar-refractivity contribution is 7.98. The maximum Gasteiger partial charge on any atom is 0.123 e. The summed E-state index contributed by atoms with van der Waals surface area (Å²) >= 11 is 1.84. The van der Waals surface area contributed by atoms with Gasteiger partial charge in [-0.25, -0.2) is 4.39 Å². The Morgan fingerprint density at radius 1 is 1.33 bits per heavy atom. The van der Waals surface area contributed by atoms with Crippen molar-refractivity contribution in [1.29, 1.82) is 0 Å². The van der Waals surface area contributed by atoms with Crippen LogP contribution in [0.3, 0.4) is 0 Å². The summed E-state index contributed by atoms with van der Waals surface area (Å²) in [4.78, 5) is 0. The van der Waals surface area contributed by atoms with Crippen LogP contribution in [0.5, 0.6) is 0 Å². The van der Waals surface area contributed by atoms with Gasteiger partial charge in [0.15, 0.2) is 0 Å². The van der Waals surface area contributed by atoms with E-state index in [0.29, 0.717) is 6.04 Å². The van der Waals surface area contributed by atoms with E-state index < -0.39 is 0 Å². The maximum atomic E-state index is 12.7. The van der Waals surface area contributed by atoms with Crippen molar-refractivity contribution in [3.63, 3.8) is 0 Å². The summed E-state index contributed by atoms with van der Waals surface area (Å²) in [5, 5.41) is 3.43. The van der Waals surface area contributed by atoms with Crippen molar-refractivity contribution in [3.8, 4) is 0 Å². The lowest BCUT2D eigenvalue weighted by Gasteiger charge is -2.16. The normalized spacial score (nSPS) is 12.7. The molecule has 1 nitrogen and oxygen atoms in total. The lowest BCUT2D eigenvalue weighted by molar-refractivity contribution is 0.571. The van der Waals surface area contributed by atoms with Gasteiger partial charge >= 0.3 is 0 Å². The van der Waals surface area contributed by atoms with Crippen LogP contribution < -0.4 is 5.32 Å². The molecule has 1 atom stereocenters. The Hall–Kier alpha value is -0.540. The monoisotopic (exact) mass is 227 g/mol. The Morgan fingerprint density at radius 3 is 2.53 bits per heavy atom. The lowest BCUT2D eigenvalue weighted by Crippen LogP contribution is -2.33. The molecule has 0 bridgehead atoms. The predicted octanol–water partition coefficient (Wildman–Crippen LogP) is 2.71. The number of hydrogen-bond donors (Lipinski definition) is 1. The number of benzene rings is 1. The highest BCUT2D eigenvalue weighted by Gasteiger charge is 2.07. The average molecular weight is 227 g/mol. The van der Waals surface area contributed by atoms with E-state index in [0.717, 1.165) is 18.7 Å². The van der Waals surface area contributed by atoms with Gasteiger partial charge in [-0.15, -0.1) is 0 Å². The third kappa shape index (κ3) is 4.67. The first-order valence-corrected chi connectivity index (χ1v) is 6.62. The molecule has 0 aliphatic carbocycles. The van der Waals surface area contributed by atoms with Crippen LogP contribution in [-0.4, -0.2) is 24.6 Å². The molecule has 0 spiro atoms. The second kappa shape index (κ2) is 6.85. The molecule has 1 aromatic rings. The minimum atomic E-state index is -0.163. The van der Waals surface area contributed by atoms with Gasteiger partial charge in [0.1, 0.15) is 5.82 Å². The smallest absolute Gasteiger partial charge is 0.123 e. The van der Waals surface area contributed by atoms with Crippen LogP contribution in [0.2, 0.25) is 0 Å². The summed E-state index contributed by atoms with van der Waals surface area (Å²) in [6.07, 6.45) is 3.07. The van der Waals surface area contributed by atoms with Crippen LogP contribution in [0, 0.1) is 5.82 Å². The second-order valence-corrected chi connectivity index (χ2v) is 4.45. The Labute approximate surface area is 95.5 Å². The Morgan fingerprint density at radius 2 is 2.00 bits per heavy atom. The summed E-state index contributed by atoms with van der Waals surface area (Å²) in [5.41, 5.74) is 1.19. The van der Waals surface area contributed by atoms with Gasteiger partial charge in [0, 0.05) is 11.8 Å². The van der Waals surface area contributed by atoms with E-state index in [4.69, 9.17) is 0 Å². The van der Waals surface area contributed by atoms with Crippen molar-refractivity contribution in [2.45, 2.75) is 19.4 Å². The van der Waals surface area contributed by atoms with Gasteiger partial charge in [0.25, 0.3) is 0 Å². The topological polar surface area (TPSA) is 12.0 Å². The Kier molecular flexibility index (Phi) is 5.73. The molecule has 0 heterocycles. The first-order valence-electron chi connectivity index (χ1n) is 5.23. The fourth-order valence-corrected chi connectivity index (χ4v) is 2.22. The Balaban J connectivity index is 2.53. The zero-order valence-electron chi connectivity index (χ0n) is 9.29. The van der Waals surface area contributed by atoms with Gasteiger partial charge in [-0.2, -0.15) is 11.8 Å². The molecular weight excluding hydrogens is 209 g/mol. The zero-order valence-corrected chi connectivity index (χ0v) is 10.1. The second-order valence-electron chi connectivity index (χ2n) is 3.54. The van der Waals surface area contributed by atoms with Crippen LogP contribution in [0.15, 0.2) is 24.3 Å². The van der Waals surface area contributed by atoms with E-state index in [9.17, 15) is 4.39 Å². The van der Waals surface area contributed by atoms with Crippen molar-refractivity contribution in [1.82, 2.24) is 5.32 Å². The molecule has 0 aromatic heterocycles. The molecule has 15 heavy (non-hydrogen) atoms. The van der Waals surface area contributed by atoms with E-state index in [1.165, 1.54) is 17.7 Å². The van der Waals surface area contributed by atoms with Crippen LogP contribution in [0.4, 0.5) is 4.39 Å². The zero-order chi connectivity index (χ0) is 11.1. The molecule has 0 saturated heterocycles. The van der Waals surface area contributed by atoms with Crippen LogP contribution in [-0.2, 0) is 6.42 Å². The van der Waals surface area contributed by atoms with Crippen LogP contribution in [0.1, 0.15) is 12.5 Å². The summed E-state index contributed by atoms with van der Waals surface area (Å²) in [5.74, 6) is 0.925. The minimum absolute atomic E-state index is 0.163. The lowest BCUT2D eigenvalue weighted by atomic mass is 10.1. The molecule has 1 N–H and O–H groups in total. The van der Waals surface area contributed by atoms with Crippen molar-refractivity contribution in [2.75, 3.05) is 18.6 Å². The minimum Gasteiger partial charge on any atom is -0.313 e. The average Bonchev–Trinajstić information content (AvgIpc) is 2.22. The number of halogens is 1. The first kappa shape index (κ1) is 12.5. The van der Waals surface area contributed by atoms with Gasteiger partial charge in [0.2, 0.25) is 0 Å². The molecule has 0 fully saturated rings. The molecule has 3 heteroatoms. The number of rotatable bonds is 6.